The number of nitrogens with zero attached hydrogens (tertiary/aromatic N) is 1. The Bertz CT molecular complexity index is 218. The summed E-state index contributed by atoms with van der Waals surface area (Å²) < 4.78 is 4.57. The van der Waals surface area contributed by atoms with Crippen molar-refractivity contribution in [1.82, 2.24) is 4.90 Å². The highest BCUT2D eigenvalue weighted by molar-refractivity contribution is 5.89. The van der Waals surface area contributed by atoms with Crippen LogP contribution in [0.1, 0.15) is 0 Å². The van der Waals surface area contributed by atoms with Gasteiger partial charge < -0.3 is 9.64 Å². The van der Waals surface area contributed by atoms with E-state index >= 15 is 0 Å². The molecular weight excluding hydrogens is 142 g/mol. The topological polar surface area (TPSA) is 29.5 Å². The Balaban J connectivity index is 2.66. The van der Waals surface area contributed by atoms with Gasteiger partial charge in [0.25, 0.3) is 0 Å². The highest BCUT2D eigenvalue weighted by atomic mass is 16.5. The van der Waals surface area contributed by atoms with Crippen LogP contribution in [0.5, 0.6) is 0 Å². The number of rotatable bonds is 1. The first-order chi connectivity index (χ1) is 5.24. The SMILES string of the molecule is COC(=O)C1=CC=CN(C)C1. The second-order valence-electron chi connectivity index (χ2n) is 2.44. The van der Waals surface area contributed by atoms with Gasteiger partial charge in [0.15, 0.2) is 0 Å². The summed E-state index contributed by atoms with van der Waals surface area (Å²) in [6, 6.07) is 0. The molecule has 3 heteroatoms. The maximum absolute atomic E-state index is 11.0. The molecule has 0 saturated carbocycles. The maximum Gasteiger partial charge on any atom is 0.335 e. The summed E-state index contributed by atoms with van der Waals surface area (Å²) in [5, 5.41) is 0. The smallest absolute Gasteiger partial charge is 0.335 e. The highest BCUT2D eigenvalue weighted by Gasteiger charge is 2.11. The molecule has 0 radical (unpaired) electrons. The fourth-order valence-electron chi connectivity index (χ4n) is 0.944. The summed E-state index contributed by atoms with van der Waals surface area (Å²) >= 11 is 0. The maximum atomic E-state index is 11.0. The van der Waals surface area contributed by atoms with Gasteiger partial charge in [-0.05, 0) is 18.4 Å². The molecule has 0 aromatic rings. The van der Waals surface area contributed by atoms with E-state index in [-0.39, 0.29) is 5.97 Å². The molecule has 0 N–H and O–H groups in total. The van der Waals surface area contributed by atoms with Crippen LogP contribution < -0.4 is 0 Å². The Labute approximate surface area is 65.9 Å². The predicted molar refractivity (Wildman–Crippen MR) is 41.9 cm³/mol. The van der Waals surface area contributed by atoms with E-state index in [0.717, 1.165) is 0 Å². The van der Waals surface area contributed by atoms with Gasteiger partial charge in [-0.3, -0.25) is 0 Å². The van der Waals surface area contributed by atoms with Crippen LogP contribution in [0.25, 0.3) is 0 Å². The highest BCUT2D eigenvalue weighted by Crippen LogP contribution is 2.06. The Morgan fingerprint density at radius 3 is 3.00 bits per heavy atom. The van der Waals surface area contributed by atoms with Crippen molar-refractivity contribution in [2.24, 2.45) is 0 Å². The molecule has 1 heterocycles. The summed E-state index contributed by atoms with van der Waals surface area (Å²) in [6.45, 7) is 0.628. The van der Waals surface area contributed by atoms with Gasteiger partial charge in [0.05, 0.1) is 12.7 Å². The average molecular weight is 153 g/mol. The van der Waals surface area contributed by atoms with Crippen LogP contribution >= 0.6 is 0 Å². The summed E-state index contributed by atoms with van der Waals surface area (Å²) in [4.78, 5) is 12.9. The van der Waals surface area contributed by atoms with Crippen LogP contribution in [0.2, 0.25) is 0 Å². The molecule has 0 bridgehead atoms. The molecule has 3 nitrogen and oxygen atoms in total. The van der Waals surface area contributed by atoms with E-state index in [9.17, 15) is 4.79 Å². The average Bonchev–Trinajstić information content (AvgIpc) is 2.03. The second kappa shape index (κ2) is 3.23. The zero-order chi connectivity index (χ0) is 8.27. The van der Waals surface area contributed by atoms with E-state index in [4.69, 9.17) is 0 Å². The Hall–Kier alpha value is -1.25. The van der Waals surface area contributed by atoms with Gasteiger partial charge in [0.2, 0.25) is 0 Å². The minimum Gasteiger partial charge on any atom is -0.466 e. The lowest BCUT2D eigenvalue weighted by molar-refractivity contribution is -0.136. The molecule has 0 fully saturated rings. The predicted octanol–water partition coefficient (Wildman–Crippen LogP) is 0.545. The van der Waals surface area contributed by atoms with E-state index in [2.05, 4.69) is 4.74 Å². The third-order valence-electron chi connectivity index (χ3n) is 1.51. The number of ether oxygens (including phenoxy) is 1. The molecule has 1 aliphatic heterocycles. The fraction of sp³-hybridized carbons (Fsp3) is 0.375. The van der Waals surface area contributed by atoms with Crippen LogP contribution in [0, 0.1) is 0 Å². The first-order valence-corrected chi connectivity index (χ1v) is 3.40. The number of allylic oxidation sites excluding steroid dienone is 2. The van der Waals surface area contributed by atoms with Crippen LogP contribution in [-0.2, 0) is 9.53 Å². The van der Waals surface area contributed by atoms with Gasteiger partial charge in [0, 0.05) is 13.6 Å². The van der Waals surface area contributed by atoms with E-state index < -0.39 is 0 Å². The standard InChI is InChI=1S/C8H11NO2/c1-9-5-3-4-7(6-9)8(10)11-2/h3-5H,6H2,1-2H3. The van der Waals surface area contributed by atoms with Gasteiger partial charge in [-0.2, -0.15) is 0 Å². The number of carbonyl (C=O) groups is 1. The van der Waals surface area contributed by atoms with E-state index in [1.165, 1.54) is 7.11 Å². The molecular formula is C8H11NO2. The van der Waals surface area contributed by atoms with Gasteiger partial charge in [0.1, 0.15) is 0 Å². The molecule has 0 unspecified atom stereocenters. The Morgan fingerprint density at radius 1 is 1.73 bits per heavy atom. The van der Waals surface area contributed by atoms with Gasteiger partial charge in [-0.1, -0.05) is 0 Å². The summed E-state index contributed by atoms with van der Waals surface area (Å²) in [6.07, 6.45) is 5.51. The molecule has 11 heavy (non-hydrogen) atoms. The number of carbonyl (C=O) groups excluding carboxylic acids is 1. The van der Waals surface area contributed by atoms with Crippen molar-refractivity contribution < 1.29 is 9.53 Å². The molecule has 0 saturated heterocycles. The second-order valence-corrected chi connectivity index (χ2v) is 2.44. The third-order valence-corrected chi connectivity index (χ3v) is 1.51. The number of hydrogen-bond donors (Lipinski definition) is 0. The van der Waals surface area contributed by atoms with Gasteiger partial charge >= 0.3 is 5.97 Å². The number of hydrogen-bond acceptors (Lipinski definition) is 3. The first-order valence-electron chi connectivity index (χ1n) is 3.40. The minimum absolute atomic E-state index is 0.249. The summed E-state index contributed by atoms with van der Waals surface area (Å²) in [7, 11) is 3.30. The van der Waals surface area contributed by atoms with Crippen molar-refractivity contribution in [1.29, 1.82) is 0 Å². The van der Waals surface area contributed by atoms with E-state index in [1.54, 1.807) is 6.08 Å². The Morgan fingerprint density at radius 2 is 2.45 bits per heavy atom. The van der Waals surface area contributed by atoms with Crippen LogP contribution in [0.4, 0.5) is 0 Å². The van der Waals surface area contributed by atoms with Crippen molar-refractivity contribution in [3.05, 3.63) is 23.9 Å². The van der Waals surface area contributed by atoms with Gasteiger partial charge in [-0.15, -0.1) is 0 Å². The van der Waals surface area contributed by atoms with Crippen molar-refractivity contribution in [3.8, 4) is 0 Å². The molecule has 0 atom stereocenters. The van der Waals surface area contributed by atoms with E-state index in [0.29, 0.717) is 12.1 Å². The quantitative estimate of drug-likeness (QED) is 0.515. The van der Waals surface area contributed by atoms with Crippen LogP contribution in [-0.4, -0.2) is 31.6 Å². The third kappa shape index (κ3) is 1.83. The zero-order valence-corrected chi connectivity index (χ0v) is 6.70. The van der Waals surface area contributed by atoms with Crippen molar-refractivity contribution in [2.45, 2.75) is 0 Å². The molecule has 0 spiro atoms. The molecule has 0 aromatic heterocycles. The number of likely N-dealkylation sites (N-methyl/N-ethyl adjacent to an activating group) is 1. The minimum atomic E-state index is -0.249. The molecule has 0 amide bonds. The lowest BCUT2D eigenvalue weighted by atomic mass is 10.2. The summed E-state index contributed by atoms with van der Waals surface area (Å²) in [5.41, 5.74) is 0.692. The van der Waals surface area contributed by atoms with Crippen LogP contribution in [0.3, 0.4) is 0 Å². The largest absolute Gasteiger partial charge is 0.466 e. The zero-order valence-electron chi connectivity index (χ0n) is 6.70. The molecule has 60 valence electrons. The van der Waals surface area contributed by atoms with Crippen molar-refractivity contribution in [3.63, 3.8) is 0 Å². The summed E-state index contributed by atoms with van der Waals surface area (Å²) in [5.74, 6) is -0.249. The van der Waals surface area contributed by atoms with E-state index in [1.807, 2.05) is 24.2 Å². The monoisotopic (exact) mass is 153 g/mol. The van der Waals surface area contributed by atoms with Crippen molar-refractivity contribution in [2.75, 3.05) is 20.7 Å². The Kier molecular flexibility index (Phi) is 2.31. The molecule has 0 aromatic carbocycles. The molecule has 0 aliphatic carbocycles. The van der Waals surface area contributed by atoms with Gasteiger partial charge in [-0.25, -0.2) is 4.79 Å². The lowest BCUT2D eigenvalue weighted by Gasteiger charge is -2.17. The fourth-order valence-corrected chi connectivity index (χ4v) is 0.944. The van der Waals surface area contributed by atoms with Crippen molar-refractivity contribution >= 4 is 5.97 Å². The number of methoxy groups -OCH3 is 1. The first kappa shape index (κ1) is 7.85. The lowest BCUT2D eigenvalue weighted by Crippen LogP contribution is -2.22. The van der Waals surface area contributed by atoms with Crippen LogP contribution in [0.15, 0.2) is 23.9 Å². The molecule has 1 aliphatic rings. The number of esters is 1. The molecule has 1 rings (SSSR count). The normalized spacial score (nSPS) is 16.2.